The molecule has 96 valence electrons. The van der Waals surface area contributed by atoms with Crippen LogP contribution < -0.4 is 5.32 Å². The molecule has 0 amide bonds. The fourth-order valence-electron chi connectivity index (χ4n) is 2.02. The molecule has 0 aliphatic heterocycles. The van der Waals surface area contributed by atoms with Gasteiger partial charge in [-0.1, -0.05) is 13.8 Å². The Morgan fingerprint density at radius 3 is 2.65 bits per heavy atom. The summed E-state index contributed by atoms with van der Waals surface area (Å²) >= 11 is 0. The van der Waals surface area contributed by atoms with Gasteiger partial charge >= 0.3 is 0 Å². The average molecular weight is 239 g/mol. The van der Waals surface area contributed by atoms with E-state index in [0.717, 1.165) is 18.8 Å². The Kier molecular flexibility index (Phi) is 5.51. The van der Waals surface area contributed by atoms with Gasteiger partial charge in [-0.2, -0.15) is 0 Å². The third-order valence-corrected chi connectivity index (χ3v) is 3.09. The molecule has 0 fully saturated rings. The third kappa shape index (κ3) is 4.06. The molecule has 1 rings (SSSR count). The summed E-state index contributed by atoms with van der Waals surface area (Å²) < 4.78 is 12.8. The fourth-order valence-corrected chi connectivity index (χ4v) is 2.02. The number of aromatic nitrogens is 1. The van der Waals surface area contributed by atoms with Crippen molar-refractivity contribution in [2.75, 3.05) is 27.2 Å². The maximum atomic E-state index is 12.8. The molecule has 0 saturated heterocycles. The van der Waals surface area contributed by atoms with Crippen molar-refractivity contribution < 1.29 is 4.39 Å². The minimum absolute atomic E-state index is 0.157. The van der Waals surface area contributed by atoms with Crippen molar-refractivity contribution in [3.8, 4) is 0 Å². The van der Waals surface area contributed by atoms with Crippen molar-refractivity contribution in [3.63, 3.8) is 0 Å². The summed E-state index contributed by atoms with van der Waals surface area (Å²) in [5.74, 6) is 0.129. The first-order valence-corrected chi connectivity index (χ1v) is 6.05. The SMILES string of the molecule is CCN(C)CC(C)C(NC)c1ccc(F)cn1. The van der Waals surface area contributed by atoms with Crippen molar-refractivity contribution >= 4 is 0 Å². The maximum absolute atomic E-state index is 12.8. The van der Waals surface area contributed by atoms with E-state index >= 15 is 0 Å². The highest BCUT2D eigenvalue weighted by molar-refractivity contribution is 5.10. The second-order valence-electron chi connectivity index (χ2n) is 4.50. The van der Waals surface area contributed by atoms with Crippen LogP contribution in [-0.2, 0) is 0 Å². The highest BCUT2D eigenvalue weighted by Crippen LogP contribution is 2.20. The summed E-state index contributed by atoms with van der Waals surface area (Å²) in [6.07, 6.45) is 1.27. The molecule has 0 spiro atoms. The van der Waals surface area contributed by atoms with E-state index in [-0.39, 0.29) is 11.9 Å². The lowest BCUT2D eigenvalue weighted by Gasteiger charge is -2.27. The normalized spacial score (nSPS) is 14.9. The summed E-state index contributed by atoms with van der Waals surface area (Å²) in [5.41, 5.74) is 0.894. The molecule has 2 atom stereocenters. The number of halogens is 1. The first kappa shape index (κ1) is 14.1. The van der Waals surface area contributed by atoms with Crippen molar-refractivity contribution in [1.82, 2.24) is 15.2 Å². The molecule has 1 heterocycles. The van der Waals surface area contributed by atoms with Gasteiger partial charge in [-0.05, 0) is 38.7 Å². The van der Waals surface area contributed by atoms with Gasteiger partial charge in [0.05, 0.1) is 17.9 Å². The average Bonchev–Trinajstić information content (AvgIpc) is 2.32. The molecule has 2 unspecified atom stereocenters. The second-order valence-corrected chi connectivity index (χ2v) is 4.50. The zero-order chi connectivity index (χ0) is 12.8. The molecule has 3 nitrogen and oxygen atoms in total. The molecule has 0 aliphatic carbocycles. The Hall–Kier alpha value is -1.00. The van der Waals surface area contributed by atoms with E-state index < -0.39 is 0 Å². The van der Waals surface area contributed by atoms with Crippen LogP contribution in [0.3, 0.4) is 0 Å². The monoisotopic (exact) mass is 239 g/mol. The van der Waals surface area contributed by atoms with Crippen LogP contribution in [0.25, 0.3) is 0 Å². The highest BCUT2D eigenvalue weighted by atomic mass is 19.1. The van der Waals surface area contributed by atoms with Crippen molar-refractivity contribution in [1.29, 1.82) is 0 Å². The van der Waals surface area contributed by atoms with E-state index in [4.69, 9.17) is 0 Å². The van der Waals surface area contributed by atoms with Gasteiger partial charge in [0.1, 0.15) is 5.82 Å². The summed E-state index contributed by atoms with van der Waals surface area (Å²) in [6, 6.07) is 3.37. The second kappa shape index (κ2) is 6.67. The number of rotatable bonds is 6. The Morgan fingerprint density at radius 1 is 1.47 bits per heavy atom. The molecule has 4 heteroatoms. The van der Waals surface area contributed by atoms with Gasteiger partial charge in [-0.25, -0.2) is 4.39 Å². The van der Waals surface area contributed by atoms with Crippen LogP contribution in [0, 0.1) is 11.7 Å². The summed E-state index contributed by atoms with van der Waals surface area (Å²) in [7, 11) is 4.01. The Balaban J connectivity index is 2.73. The molecule has 0 radical (unpaired) electrons. The lowest BCUT2D eigenvalue weighted by molar-refractivity contribution is 0.259. The van der Waals surface area contributed by atoms with Gasteiger partial charge < -0.3 is 10.2 Å². The topological polar surface area (TPSA) is 28.2 Å². The third-order valence-electron chi connectivity index (χ3n) is 3.09. The standard InChI is InChI=1S/C13H22FN3/c1-5-17(4)9-10(2)13(15-3)12-7-6-11(14)8-16-12/h6-8,10,13,15H,5,9H2,1-4H3. The Labute approximate surface area is 103 Å². The molecule has 0 bridgehead atoms. The van der Waals surface area contributed by atoms with Crippen molar-refractivity contribution in [3.05, 3.63) is 29.8 Å². The van der Waals surface area contributed by atoms with E-state index in [0.29, 0.717) is 5.92 Å². The maximum Gasteiger partial charge on any atom is 0.141 e. The number of hydrogen-bond donors (Lipinski definition) is 1. The van der Waals surface area contributed by atoms with E-state index in [1.54, 1.807) is 6.07 Å². The van der Waals surface area contributed by atoms with Gasteiger partial charge in [0.2, 0.25) is 0 Å². The van der Waals surface area contributed by atoms with E-state index in [1.165, 1.54) is 12.3 Å². The lowest BCUT2D eigenvalue weighted by atomic mass is 9.98. The van der Waals surface area contributed by atoms with Gasteiger partial charge in [0.15, 0.2) is 0 Å². The van der Waals surface area contributed by atoms with Gasteiger partial charge in [-0.15, -0.1) is 0 Å². The Bertz CT molecular complexity index is 326. The van der Waals surface area contributed by atoms with Crippen LogP contribution in [-0.4, -0.2) is 37.1 Å². The minimum Gasteiger partial charge on any atom is -0.311 e. The predicted molar refractivity (Wildman–Crippen MR) is 68.3 cm³/mol. The van der Waals surface area contributed by atoms with E-state index in [1.807, 2.05) is 7.05 Å². The smallest absolute Gasteiger partial charge is 0.141 e. The molecule has 0 aromatic carbocycles. The molecule has 1 N–H and O–H groups in total. The molecular weight excluding hydrogens is 217 g/mol. The lowest BCUT2D eigenvalue weighted by Crippen LogP contribution is -2.33. The zero-order valence-corrected chi connectivity index (χ0v) is 11.1. The molecule has 0 aliphatic rings. The fraction of sp³-hybridized carbons (Fsp3) is 0.615. The van der Waals surface area contributed by atoms with Crippen LogP contribution in [0.1, 0.15) is 25.6 Å². The Morgan fingerprint density at radius 2 is 2.18 bits per heavy atom. The molecule has 1 aromatic rings. The summed E-state index contributed by atoms with van der Waals surface area (Å²) in [5, 5.41) is 3.26. The number of nitrogens with one attached hydrogen (secondary N) is 1. The van der Waals surface area contributed by atoms with Crippen LogP contribution in [0.2, 0.25) is 0 Å². The van der Waals surface area contributed by atoms with E-state index in [9.17, 15) is 4.39 Å². The molecular formula is C13H22FN3. The van der Waals surface area contributed by atoms with Gasteiger partial charge in [0.25, 0.3) is 0 Å². The van der Waals surface area contributed by atoms with Gasteiger partial charge in [-0.3, -0.25) is 4.98 Å². The van der Waals surface area contributed by atoms with Crippen LogP contribution in [0.15, 0.2) is 18.3 Å². The quantitative estimate of drug-likeness (QED) is 0.823. The van der Waals surface area contributed by atoms with Crippen LogP contribution in [0.5, 0.6) is 0 Å². The largest absolute Gasteiger partial charge is 0.311 e. The van der Waals surface area contributed by atoms with Gasteiger partial charge in [0, 0.05) is 6.54 Å². The summed E-state index contributed by atoms with van der Waals surface area (Å²) in [6.45, 7) is 6.33. The molecule has 17 heavy (non-hydrogen) atoms. The molecule has 0 saturated carbocycles. The predicted octanol–water partition coefficient (Wildman–Crippen LogP) is 2.07. The highest BCUT2D eigenvalue weighted by Gasteiger charge is 2.19. The number of pyridine rings is 1. The number of nitrogens with zero attached hydrogens (tertiary/aromatic N) is 2. The first-order valence-electron chi connectivity index (χ1n) is 6.05. The van der Waals surface area contributed by atoms with Crippen LogP contribution >= 0.6 is 0 Å². The minimum atomic E-state index is -0.290. The molecule has 1 aromatic heterocycles. The van der Waals surface area contributed by atoms with Crippen molar-refractivity contribution in [2.24, 2.45) is 5.92 Å². The van der Waals surface area contributed by atoms with Crippen molar-refractivity contribution in [2.45, 2.75) is 19.9 Å². The number of hydrogen-bond acceptors (Lipinski definition) is 3. The van der Waals surface area contributed by atoms with Crippen LogP contribution in [0.4, 0.5) is 4.39 Å². The zero-order valence-electron chi connectivity index (χ0n) is 11.1. The summed E-state index contributed by atoms with van der Waals surface area (Å²) in [4.78, 5) is 6.41. The van der Waals surface area contributed by atoms with E-state index in [2.05, 4.69) is 36.1 Å². The first-order chi connectivity index (χ1) is 8.08.